The smallest absolute Gasteiger partial charge is 0.197 e. The summed E-state index contributed by atoms with van der Waals surface area (Å²) >= 11 is 5.83. The van der Waals surface area contributed by atoms with Crippen molar-refractivity contribution in [3.8, 4) is 5.75 Å². The average Bonchev–Trinajstić information content (AvgIpc) is 2.53. The zero-order chi connectivity index (χ0) is 17.5. The summed E-state index contributed by atoms with van der Waals surface area (Å²) in [6, 6.07) is 13.8. The molecule has 1 N–H and O–H groups in total. The lowest BCUT2D eigenvalue weighted by Crippen LogP contribution is -2.03. The van der Waals surface area contributed by atoms with Gasteiger partial charge in [-0.3, -0.25) is 4.79 Å². The van der Waals surface area contributed by atoms with Gasteiger partial charge in [0.25, 0.3) is 0 Å². The number of benzene rings is 3. The normalized spacial score (nSPS) is 11.6. The number of hydrogen-bond acceptors (Lipinski definition) is 4. The lowest BCUT2D eigenvalue weighted by atomic mass is 9.96. The van der Waals surface area contributed by atoms with Crippen LogP contribution in [0.1, 0.15) is 15.9 Å². The van der Waals surface area contributed by atoms with Gasteiger partial charge in [0.05, 0.1) is 10.5 Å². The molecular weight excluding hydrogens is 348 g/mol. The maximum atomic E-state index is 12.8. The Morgan fingerprint density at radius 2 is 1.67 bits per heavy atom. The predicted octanol–water partition coefficient (Wildman–Crippen LogP) is 3.83. The molecule has 24 heavy (non-hydrogen) atoms. The molecule has 0 saturated heterocycles. The van der Waals surface area contributed by atoms with Crippen molar-refractivity contribution in [1.82, 2.24) is 0 Å². The number of phenolic OH excluding ortho intramolecular Hbond substituents is 1. The highest BCUT2D eigenvalue weighted by Crippen LogP contribution is 2.31. The molecule has 3 rings (SSSR count). The van der Waals surface area contributed by atoms with Crippen LogP contribution in [0.3, 0.4) is 0 Å². The number of aromatic hydroxyl groups is 1. The van der Waals surface area contributed by atoms with Gasteiger partial charge in [0.2, 0.25) is 0 Å². The first kappa shape index (κ1) is 16.5. The van der Waals surface area contributed by atoms with Crippen molar-refractivity contribution in [3.63, 3.8) is 0 Å². The Balaban J connectivity index is 2.22. The molecule has 0 aliphatic rings. The lowest BCUT2D eigenvalue weighted by Gasteiger charge is -2.10. The summed E-state index contributed by atoms with van der Waals surface area (Å²) in [6.07, 6.45) is 1.12. The van der Waals surface area contributed by atoms with E-state index in [1.165, 1.54) is 24.3 Å². The second-order valence-corrected chi connectivity index (χ2v) is 7.90. The molecule has 0 heterocycles. The first-order chi connectivity index (χ1) is 11.3. The number of phenols is 1. The van der Waals surface area contributed by atoms with Crippen LogP contribution in [0, 0.1) is 0 Å². The Morgan fingerprint density at radius 1 is 1.00 bits per heavy atom. The van der Waals surface area contributed by atoms with E-state index in [2.05, 4.69) is 0 Å². The van der Waals surface area contributed by atoms with E-state index in [1.807, 2.05) is 0 Å². The van der Waals surface area contributed by atoms with E-state index in [0.29, 0.717) is 21.4 Å². The Morgan fingerprint density at radius 3 is 2.29 bits per heavy atom. The molecule has 0 saturated carbocycles. The highest BCUT2D eigenvalue weighted by molar-refractivity contribution is 7.90. The summed E-state index contributed by atoms with van der Waals surface area (Å²) in [5, 5.41) is 11.7. The molecule has 0 amide bonds. The van der Waals surface area contributed by atoms with Gasteiger partial charge in [-0.2, -0.15) is 0 Å². The van der Waals surface area contributed by atoms with Crippen LogP contribution in [0.4, 0.5) is 0 Å². The summed E-state index contributed by atoms with van der Waals surface area (Å²) in [5.41, 5.74) is 0.518. The third-order valence-corrected chi connectivity index (χ3v) is 5.09. The van der Waals surface area contributed by atoms with Gasteiger partial charge in [0, 0.05) is 16.8 Å². The largest absolute Gasteiger partial charge is 0.507 e. The maximum absolute atomic E-state index is 12.8. The van der Waals surface area contributed by atoms with Crippen molar-refractivity contribution in [2.24, 2.45) is 0 Å². The van der Waals surface area contributed by atoms with Gasteiger partial charge in [-0.1, -0.05) is 23.7 Å². The van der Waals surface area contributed by atoms with E-state index in [1.54, 1.807) is 30.3 Å². The average molecular weight is 361 g/mol. The van der Waals surface area contributed by atoms with E-state index in [0.717, 1.165) is 6.26 Å². The number of ketones is 1. The second kappa shape index (κ2) is 5.92. The van der Waals surface area contributed by atoms with Crippen LogP contribution >= 0.6 is 11.6 Å². The van der Waals surface area contributed by atoms with E-state index < -0.39 is 9.84 Å². The van der Waals surface area contributed by atoms with Gasteiger partial charge in [0.1, 0.15) is 5.75 Å². The lowest BCUT2D eigenvalue weighted by molar-refractivity contribution is 0.103. The molecule has 0 atom stereocenters. The van der Waals surface area contributed by atoms with Gasteiger partial charge >= 0.3 is 0 Å². The third kappa shape index (κ3) is 3.00. The van der Waals surface area contributed by atoms with Crippen LogP contribution in [0.25, 0.3) is 10.8 Å². The molecule has 0 aliphatic heterocycles. The quantitative estimate of drug-likeness (QED) is 0.720. The van der Waals surface area contributed by atoms with Crippen LogP contribution in [-0.2, 0) is 9.84 Å². The Bertz CT molecular complexity index is 1050. The number of carbonyl (C=O) groups excluding carboxylic acids is 1. The number of hydrogen-bond donors (Lipinski definition) is 1. The fraction of sp³-hybridized carbons (Fsp3) is 0.0556. The molecule has 0 aliphatic carbocycles. The van der Waals surface area contributed by atoms with Crippen LogP contribution in [0.5, 0.6) is 5.75 Å². The summed E-state index contributed by atoms with van der Waals surface area (Å²) in [7, 11) is -3.36. The Kier molecular flexibility index (Phi) is 4.07. The minimum Gasteiger partial charge on any atom is -0.507 e. The minimum atomic E-state index is -3.36. The van der Waals surface area contributed by atoms with Crippen LogP contribution in [0.15, 0.2) is 59.5 Å². The standard InChI is InChI=1S/C18H13ClO4S/c1-24(22,23)14-7-8-15-12(10-14)4-9-16(20)17(15)18(21)11-2-5-13(19)6-3-11/h2-10,20H,1H3. The first-order valence-electron chi connectivity index (χ1n) is 7.03. The summed E-state index contributed by atoms with van der Waals surface area (Å²) in [6.45, 7) is 0. The van der Waals surface area contributed by atoms with Crippen molar-refractivity contribution in [3.05, 3.63) is 70.7 Å². The van der Waals surface area contributed by atoms with E-state index in [-0.39, 0.29) is 22.0 Å². The zero-order valence-corrected chi connectivity index (χ0v) is 14.2. The molecule has 3 aromatic carbocycles. The molecular formula is C18H13ClO4S. The molecule has 0 radical (unpaired) electrons. The van der Waals surface area contributed by atoms with Crippen molar-refractivity contribution in [2.75, 3.05) is 6.26 Å². The number of rotatable bonds is 3. The van der Waals surface area contributed by atoms with Crippen molar-refractivity contribution >= 4 is 38.0 Å². The third-order valence-electron chi connectivity index (χ3n) is 3.73. The first-order valence-corrected chi connectivity index (χ1v) is 9.30. The molecule has 0 aromatic heterocycles. The molecule has 4 nitrogen and oxygen atoms in total. The van der Waals surface area contributed by atoms with Crippen molar-refractivity contribution in [2.45, 2.75) is 4.90 Å². The van der Waals surface area contributed by atoms with Gasteiger partial charge in [0.15, 0.2) is 15.6 Å². The van der Waals surface area contributed by atoms with Crippen LogP contribution in [0.2, 0.25) is 5.02 Å². The molecule has 122 valence electrons. The SMILES string of the molecule is CS(=O)(=O)c1ccc2c(C(=O)c3ccc(Cl)cc3)c(O)ccc2c1. The fourth-order valence-corrected chi connectivity index (χ4v) is 3.29. The molecule has 6 heteroatoms. The second-order valence-electron chi connectivity index (χ2n) is 5.45. The van der Waals surface area contributed by atoms with Crippen molar-refractivity contribution < 1.29 is 18.3 Å². The van der Waals surface area contributed by atoms with Gasteiger partial charge < -0.3 is 5.11 Å². The summed E-state index contributed by atoms with van der Waals surface area (Å²) in [5.74, 6) is -0.517. The van der Waals surface area contributed by atoms with Crippen LogP contribution in [-0.4, -0.2) is 25.6 Å². The Labute approximate surface area is 144 Å². The molecule has 0 unspecified atom stereocenters. The topological polar surface area (TPSA) is 71.4 Å². The predicted molar refractivity (Wildman–Crippen MR) is 93.6 cm³/mol. The van der Waals surface area contributed by atoms with Gasteiger partial charge in [-0.05, 0) is 53.2 Å². The van der Waals surface area contributed by atoms with Gasteiger partial charge in [-0.15, -0.1) is 0 Å². The fourth-order valence-electron chi connectivity index (χ4n) is 2.51. The molecule has 3 aromatic rings. The molecule has 0 fully saturated rings. The van der Waals surface area contributed by atoms with E-state index in [9.17, 15) is 18.3 Å². The summed E-state index contributed by atoms with van der Waals surface area (Å²) < 4.78 is 23.4. The number of carbonyl (C=O) groups is 1. The molecule has 0 bridgehead atoms. The summed E-state index contributed by atoms with van der Waals surface area (Å²) in [4.78, 5) is 12.9. The van der Waals surface area contributed by atoms with E-state index in [4.69, 9.17) is 11.6 Å². The van der Waals surface area contributed by atoms with Gasteiger partial charge in [-0.25, -0.2) is 8.42 Å². The minimum absolute atomic E-state index is 0.134. The Hall–Kier alpha value is -2.37. The zero-order valence-electron chi connectivity index (χ0n) is 12.7. The highest BCUT2D eigenvalue weighted by Gasteiger charge is 2.18. The molecule has 0 spiro atoms. The van der Waals surface area contributed by atoms with Crippen molar-refractivity contribution in [1.29, 1.82) is 0 Å². The number of fused-ring (bicyclic) bond motifs is 1. The maximum Gasteiger partial charge on any atom is 0.197 e. The van der Waals surface area contributed by atoms with E-state index >= 15 is 0 Å². The van der Waals surface area contributed by atoms with Crippen LogP contribution < -0.4 is 0 Å². The number of sulfone groups is 1. The highest BCUT2D eigenvalue weighted by atomic mass is 35.5. The monoisotopic (exact) mass is 360 g/mol. The number of halogens is 1.